The molecule has 1 saturated heterocycles. The Kier molecular flexibility index (Phi) is 5.91. The first-order valence-corrected chi connectivity index (χ1v) is 12.0. The zero-order chi connectivity index (χ0) is 25.5. The van der Waals surface area contributed by atoms with Crippen LogP contribution in [0.3, 0.4) is 0 Å². The lowest BCUT2D eigenvalue weighted by Gasteiger charge is -2.43. The lowest BCUT2D eigenvalue weighted by atomic mass is 9.68. The van der Waals surface area contributed by atoms with Gasteiger partial charge >= 0.3 is 12.1 Å². The molecule has 2 fully saturated rings. The number of amides is 1. The van der Waals surface area contributed by atoms with E-state index in [2.05, 4.69) is 21.3 Å². The lowest BCUT2D eigenvalue weighted by molar-refractivity contribution is -0.0264. The number of benzene rings is 2. The third-order valence-electron chi connectivity index (χ3n) is 7.17. The monoisotopic (exact) mass is 490 g/mol. The van der Waals surface area contributed by atoms with E-state index >= 15 is 0 Å². The molecule has 1 amide bonds. The molecule has 3 aromatic rings. The number of fused-ring (bicyclic) bond motifs is 1. The minimum absolute atomic E-state index is 0.0157. The van der Waals surface area contributed by atoms with Crippen molar-refractivity contribution in [3.05, 3.63) is 65.5 Å². The zero-order valence-electron chi connectivity index (χ0n) is 20.3. The fourth-order valence-electron chi connectivity index (χ4n) is 5.67. The molecule has 1 aliphatic heterocycles. The van der Waals surface area contributed by atoms with Gasteiger partial charge in [-0.25, -0.2) is 23.8 Å². The Hall–Kier alpha value is -3.93. The summed E-state index contributed by atoms with van der Waals surface area (Å²) in [5.41, 5.74) is 1.51. The molecule has 1 spiro atoms. The molecule has 0 N–H and O–H groups in total. The van der Waals surface area contributed by atoms with Crippen LogP contribution in [0.4, 0.5) is 20.6 Å². The molecule has 5 rings (SSSR count). The maximum Gasteiger partial charge on any atom is 0.415 e. The summed E-state index contributed by atoms with van der Waals surface area (Å²) in [5, 5.41) is 0. The van der Waals surface area contributed by atoms with E-state index in [1.807, 2.05) is 12.1 Å². The van der Waals surface area contributed by atoms with Gasteiger partial charge in [-0.1, -0.05) is 13.0 Å². The van der Waals surface area contributed by atoms with Crippen molar-refractivity contribution in [1.82, 2.24) is 9.55 Å². The Morgan fingerprint density at radius 3 is 2.89 bits per heavy atom. The Labute approximate surface area is 208 Å². The van der Waals surface area contributed by atoms with Gasteiger partial charge in [0.2, 0.25) is 0 Å². The largest absolute Gasteiger partial charge is 0.462 e. The van der Waals surface area contributed by atoms with Crippen LogP contribution in [-0.4, -0.2) is 40.4 Å². The van der Waals surface area contributed by atoms with Gasteiger partial charge in [0.25, 0.3) is 0 Å². The summed E-state index contributed by atoms with van der Waals surface area (Å²) < 4.78 is 27.8. The van der Waals surface area contributed by atoms with Crippen molar-refractivity contribution in [2.45, 2.75) is 51.7 Å². The quantitative estimate of drug-likeness (QED) is 0.330. The molecule has 36 heavy (non-hydrogen) atoms. The summed E-state index contributed by atoms with van der Waals surface area (Å²) in [6, 6.07) is 9.31. The van der Waals surface area contributed by atoms with Gasteiger partial charge < -0.3 is 14.0 Å². The fourth-order valence-corrected chi connectivity index (χ4v) is 5.67. The molecular weight excluding hydrogens is 463 g/mol. The van der Waals surface area contributed by atoms with Gasteiger partial charge in [-0.3, -0.25) is 4.90 Å². The summed E-state index contributed by atoms with van der Waals surface area (Å²) in [7, 11) is 0. The Morgan fingerprint density at radius 1 is 1.28 bits per heavy atom. The number of nitrogens with zero attached hydrogens (tertiary/aromatic N) is 4. The fraction of sp³-hybridized carbons (Fsp3) is 0.407. The smallest absolute Gasteiger partial charge is 0.415 e. The highest BCUT2D eigenvalue weighted by Gasteiger charge is 2.52. The molecule has 8 nitrogen and oxygen atoms in total. The van der Waals surface area contributed by atoms with Gasteiger partial charge in [0.05, 0.1) is 48.3 Å². The van der Waals surface area contributed by atoms with Crippen LogP contribution in [-0.2, 0) is 16.0 Å². The second-order valence-corrected chi connectivity index (χ2v) is 10.0. The Morgan fingerprint density at radius 2 is 2.11 bits per heavy atom. The molecule has 1 saturated carbocycles. The summed E-state index contributed by atoms with van der Waals surface area (Å²) in [5.74, 6) is -1.17. The number of hydrogen-bond donors (Lipinski definition) is 0. The van der Waals surface area contributed by atoms with Crippen molar-refractivity contribution in [2.75, 3.05) is 18.1 Å². The van der Waals surface area contributed by atoms with E-state index in [1.54, 1.807) is 19.3 Å². The standard InChI is InChI=1S/C27H27FN4O4/c1-4-35-24(33)18-6-8-20(28)22(12-18)32-16-27(36-25(32)34)11-5-10-26(2,14-27)15-31-17-30-21-9-7-19(29-3)13-23(21)31/h6-9,12-13,17H,4-5,10-11,14-16H2,1-2H3/t26-,27-/m0/s1. The van der Waals surface area contributed by atoms with E-state index in [0.717, 1.165) is 23.9 Å². The Balaban J connectivity index is 1.39. The maximum atomic E-state index is 14.8. The Bertz CT molecular complexity index is 1400. The molecule has 2 aliphatic rings. The number of halogens is 1. The van der Waals surface area contributed by atoms with Crippen LogP contribution in [0, 0.1) is 17.8 Å². The number of carbonyl (C=O) groups excluding carboxylic acids is 2. The molecule has 0 radical (unpaired) electrons. The first kappa shape index (κ1) is 23.8. The first-order valence-electron chi connectivity index (χ1n) is 12.0. The molecular formula is C27H27FN4O4. The summed E-state index contributed by atoms with van der Waals surface area (Å²) >= 11 is 0. The van der Waals surface area contributed by atoms with E-state index in [-0.39, 0.29) is 29.8 Å². The number of imidazole rings is 1. The molecule has 2 aromatic carbocycles. The molecule has 2 heterocycles. The second-order valence-electron chi connectivity index (χ2n) is 10.0. The van der Waals surface area contributed by atoms with E-state index in [4.69, 9.17) is 16.0 Å². The number of aromatic nitrogens is 2. The summed E-state index contributed by atoms with van der Waals surface area (Å²) in [6.45, 7) is 12.2. The third-order valence-corrected chi connectivity index (χ3v) is 7.17. The predicted molar refractivity (Wildman–Crippen MR) is 131 cm³/mol. The number of carbonyl (C=O) groups is 2. The number of anilines is 1. The highest BCUT2D eigenvalue weighted by Crippen LogP contribution is 2.48. The molecule has 9 heteroatoms. The highest BCUT2D eigenvalue weighted by molar-refractivity contribution is 5.95. The normalized spacial score (nSPS) is 23.6. The van der Waals surface area contributed by atoms with Crippen molar-refractivity contribution in [1.29, 1.82) is 0 Å². The van der Waals surface area contributed by atoms with Crippen LogP contribution in [0.15, 0.2) is 42.7 Å². The van der Waals surface area contributed by atoms with E-state index in [9.17, 15) is 14.0 Å². The average molecular weight is 491 g/mol. The third kappa shape index (κ3) is 4.28. The van der Waals surface area contributed by atoms with E-state index < -0.39 is 23.5 Å². The number of esters is 1. The van der Waals surface area contributed by atoms with Crippen molar-refractivity contribution in [3.63, 3.8) is 0 Å². The highest BCUT2D eigenvalue weighted by atomic mass is 19.1. The topological polar surface area (TPSA) is 78.0 Å². The predicted octanol–water partition coefficient (Wildman–Crippen LogP) is 5.88. The summed E-state index contributed by atoms with van der Waals surface area (Å²) in [4.78, 5) is 34.4. The lowest BCUT2D eigenvalue weighted by Crippen LogP contribution is -2.45. The molecule has 1 aromatic heterocycles. The second kappa shape index (κ2) is 8.94. The van der Waals surface area contributed by atoms with Crippen LogP contribution >= 0.6 is 0 Å². The van der Waals surface area contributed by atoms with Crippen LogP contribution in [0.5, 0.6) is 0 Å². The van der Waals surface area contributed by atoms with Gasteiger partial charge in [-0.2, -0.15) is 0 Å². The van der Waals surface area contributed by atoms with Crippen LogP contribution in [0.25, 0.3) is 15.9 Å². The van der Waals surface area contributed by atoms with Gasteiger partial charge in [0, 0.05) is 6.54 Å². The van der Waals surface area contributed by atoms with E-state index in [0.29, 0.717) is 25.1 Å². The van der Waals surface area contributed by atoms with Gasteiger partial charge in [-0.05, 0) is 68.4 Å². The van der Waals surface area contributed by atoms with Gasteiger partial charge in [0.15, 0.2) is 5.69 Å². The van der Waals surface area contributed by atoms with Crippen molar-refractivity contribution < 1.29 is 23.5 Å². The molecule has 2 atom stereocenters. The SMILES string of the molecule is [C-]#[N+]c1ccc2ncn(C[C@@]3(C)CCC[C@@]4(CN(c5cc(C(=O)OCC)ccc5F)C(=O)O4)C3)c2c1. The number of hydrogen-bond acceptors (Lipinski definition) is 5. The first-order chi connectivity index (χ1) is 17.2. The van der Waals surface area contributed by atoms with Crippen molar-refractivity contribution in [3.8, 4) is 0 Å². The zero-order valence-corrected chi connectivity index (χ0v) is 20.3. The van der Waals surface area contributed by atoms with Crippen molar-refractivity contribution >= 4 is 34.5 Å². The van der Waals surface area contributed by atoms with Gasteiger partial charge in [0.1, 0.15) is 11.4 Å². The minimum Gasteiger partial charge on any atom is -0.462 e. The minimum atomic E-state index is -0.755. The van der Waals surface area contributed by atoms with Crippen LogP contribution < -0.4 is 4.90 Å². The molecule has 1 aliphatic carbocycles. The molecule has 0 bridgehead atoms. The summed E-state index contributed by atoms with van der Waals surface area (Å²) in [6.07, 6.45) is 4.23. The van der Waals surface area contributed by atoms with E-state index in [1.165, 1.54) is 23.1 Å². The van der Waals surface area contributed by atoms with Crippen molar-refractivity contribution in [2.24, 2.45) is 5.41 Å². The number of ether oxygens (including phenoxy) is 2. The average Bonchev–Trinajstić information content (AvgIpc) is 3.38. The maximum absolute atomic E-state index is 14.8. The van der Waals surface area contributed by atoms with Crippen LogP contribution in [0.1, 0.15) is 49.9 Å². The van der Waals surface area contributed by atoms with Gasteiger partial charge in [-0.15, -0.1) is 0 Å². The molecule has 0 unspecified atom stereocenters. The van der Waals surface area contributed by atoms with Crippen LogP contribution in [0.2, 0.25) is 0 Å². The number of rotatable bonds is 5. The molecule has 186 valence electrons.